The Hall–Kier alpha value is -1.02. The van der Waals surface area contributed by atoms with Crippen LogP contribution in [0.1, 0.15) is 23.1 Å². The molecule has 0 fully saturated rings. The fourth-order valence-corrected chi connectivity index (χ4v) is 1.75. The molecule has 0 aliphatic rings. The number of halogens is 1. The van der Waals surface area contributed by atoms with Gasteiger partial charge in [-0.25, -0.2) is 0 Å². The van der Waals surface area contributed by atoms with Crippen LogP contribution in [0, 0.1) is 13.8 Å². The first kappa shape index (κ1) is 13.0. The smallest absolute Gasteiger partial charge is 0.221 e. The molecule has 0 saturated heterocycles. The maximum atomic E-state index is 11.2. The van der Waals surface area contributed by atoms with Gasteiger partial charge < -0.3 is 5.32 Å². The summed E-state index contributed by atoms with van der Waals surface area (Å²) in [5.74, 6) is 0.412. The van der Waals surface area contributed by atoms with Crippen molar-refractivity contribution < 1.29 is 4.79 Å². The second kappa shape index (κ2) is 6.54. The van der Waals surface area contributed by atoms with Gasteiger partial charge in [-0.15, -0.1) is 11.6 Å². The van der Waals surface area contributed by atoms with Crippen molar-refractivity contribution in [1.29, 1.82) is 0 Å². The van der Waals surface area contributed by atoms with Crippen molar-refractivity contribution in [2.45, 2.75) is 26.7 Å². The van der Waals surface area contributed by atoms with E-state index in [2.05, 4.69) is 37.4 Å². The van der Waals surface area contributed by atoms with Crippen LogP contribution in [0.5, 0.6) is 0 Å². The van der Waals surface area contributed by atoms with Gasteiger partial charge in [-0.1, -0.05) is 23.8 Å². The summed E-state index contributed by atoms with van der Waals surface area (Å²) in [7, 11) is 0. The summed E-state index contributed by atoms with van der Waals surface area (Å²) in [6.45, 7) is 4.85. The molecular formula is C13H18ClNO. The molecule has 3 heteroatoms. The zero-order chi connectivity index (χ0) is 12.0. The molecule has 0 bridgehead atoms. The Bertz CT molecular complexity index is 363. The lowest BCUT2D eigenvalue weighted by atomic mass is 10.0. The molecule has 1 aromatic carbocycles. The minimum atomic E-state index is 0.0281. The molecule has 0 heterocycles. The molecule has 16 heavy (non-hydrogen) atoms. The van der Waals surface area contributed by atoms with Gasteiger partial charge in [0.25, 0.3) is 0 Å². The maximum absolute atomic E-state index is 11.2. The minimum absolute atomic E-state index is 0.0281. The third-order valence-corrected chi connectivity index (χ3v) is 2.73. The highest BCUT2D eigenvalue weighted by atomic mass is 35.5. The molecule has 0 aliphatic carbocycles. The van der Waals surface area contributed by atoms with Gasteiger partial charge >= 0.3 is 0 Å². The fourth-order valence-electron chi connectivity index (χ4n) is 1.58. The van der Waals surface area contributed by atoms with E-state index in [9.17, 15) is 4.79 Å². The van der Waals surface area contributed by atoms with E-state index in [1.54, 1.807) is 0 Å². The van der Waals surface area contributed by atoms with Crippen LogP contribution in [0.15, 0.2) is 18.2 Å². The van der Waals surface area contributed by atoms with Crippen LogP contribution in [-0.2, 0) is 11.2 Å². The lowest BCUT2D eigenvalue weighted by Gasteiger charge is -2.08. The van der Waals surface area contributed by atoms with Gasteiger partial charge in [-0.2, -0.15) is 0 Å². The van der Waals surface area contributed by atoms with E-state index in [1.165, 1.54) is 16.7 Å². The van der Waals surface area contributed by atoms with E-state index < -0.39 is 0 Å². The molecule has 1 rings (SSSR count). The standard InChI is InChI=1S/C13H18ClNO/c1-10-3-4-11(2)12(9-10)6-8-15-13(16)5-7-14/h3-4,9H,5-8H2,1-2H3,(H,15,16). The molecule has 0 atom stereocenters. The molecule has 88 valence electrons. The van der Waals surface area contributed by atoms with Crippen molar-refractivity contribution in [3.8, 4) is 0 Å². The number of hydrogen-bond acceptors (Lipinski definition) is 1. The highest BCUT2D eigenvalue weighted by Gasteiger charge is 2.01. The minimum Gasteiger partial charge on any atom is -0.356 e. The Morgan fingerprint density at radius 2 is 2.12 bits per heavy atom. The predicted molar refractivity (Wildman–Crippen MR) is 68.0 cm³/mol. The lowest BCUT2D eigenvalue weighted by molar-refractivity contribution is -0.120. The number of benzene rings is 1. The Balaban J connectivity index is 2.42. The Morgan fingerprint density at radius 3 is 2.81 bits per heavy atom. The fraction of sp³-hybridized carbons (Fsp3) is 0.462. The predicted octanol–water partition coefficient (Wildman–Crippen LogP) is 2.59. The van der Waals surface area contributed by atoms with Gasteiger partial charge in [0.05, 0.1) is 0 Å². The van der Waals surface area contributed by atoms with Gasteiger partial charge in [-0.3, -0.25) is 4.79 Å². The molecule has 0 unspecified atom stereocenters. The topological polar surface area (TPSA) is 29.1 Å². The normalized spacial score (nSPS) is 10.2. The first-order valence-corrected chi connectivity index (χ1v) is 6.05. The van der Waals surface area contributed by atoms with Crippen LogP contribution in [0.2, 0.25) is 0 Å². The largest absolute Gasteiger partial charge is 0.356 e. The van der Waals surface area contributed by atoms with Crippen molar-refractivity contribution in [3.63, 3.8) is 0 Å². The summed E-state index contributed by atoms with van der Waals surface area (Å²) in [5.41, 5.74) is 3.83. The number of hydrogen-bond donors (Lipinski definition) is 1. The second-order valence-corrected chi connectivity index (χ2v) is 4.35. The summed E-state index contributed by atoms with van der Waals surface area (Å²) in [5, 5.41) is 2.86. The summed E-state index contributed by atoms with van der Waals surface area (Å²) < 4.78 is 0. The first-order valence-electron chi connectivity index (χ1n) is 5.52. The molecule has 0 aromatic heterocycles. The molecule has 0 aliphatic heterocycles. The SMILES string of the molecule is Cc1ccc(C)c(CCNC(=O)CCCl)c1. The van der Waals surface area contributed by atoms with Crippen LogP contribution in [0.3, 0.4) is 0 Å². The van der Waals surface area contributed by atoms with Crippen LogP contribution in [-0.4, -0.2) is 18.3 Å². The van der Waals surface area contributed by atoms with E-state index in [4.69, 9.17) is 11.6 Å². The van der Waals surface area contributed by atoms with E-state index in [0.717, 1.165) is 6.42 Å². The van der Waals surface area contributed by atoms with Crippen molar-refractivity contribution in [2.75, 3.05) is 12.4 Å². The zero-order valence-electron chi connectivity index (χ0n) is 9.85. The third-order valence-electron chi connectivity index (χ3n) is 2.54. The quantitative estimate of drug-likeness (QED) is 0.787. The van der Waals surface area contributed by atoms with Gasteiger partial charge in [0.2, 0.25) is 5.91 Å². The molecule has 0 radical (unpaired) electrons. The molecule has 1 aromatic rings. The van der Waals surface area contributed by atoms with Crippen LogP contribution < -0.4 is 5.32 Å². The van der Waals surface area contributed by atoms with Crippen LogP contribution in [0.4, 0.5) is 0 Å². The number of carbonyl (C=O) groups excluding carboxylic acids is 1. The number of nitrogens with one attached hydrogen (secondary N) is 1. The number of aryl methyl sites for hydroxylation is 2. The average molecular weight is 240 g/mol. The van der Waals surface area contributed by atoms with E-state index in [1.807, 2.05) is 0 Å². The monoisotopic (exact) mass is 239 g/mol. The molecular weight excluding hydrogens is 222 g/mol. The first-order chi connectivity index (χ1) is 7.63. The number of rotatable bonds is 5. The van der Waals surface area contributed by atoms with E-state index in [0.29, 0.717) is 18.8 Å². The van der Waals surface area contributed by atoms with Gasteiger partial charge in [0, 0.05) is 18.8 Å². The molecule has 0 saturated carbocycles. The molecule has 1 N–H and O–H groups in total. The third kappa shape index (κ3) is 4.23. The zero-order valence-corrected chi connectivity index (χ0v) is 10.6. The Kier molecular flexibility index (Phi) is 5.33. The van der Waals surface area contributed by atoms with Crippen molar-refractivity contribution >= 4 is 17.5 Å². The van der Waals surface area contributed by atoms with Crippen LogP contribution >= 0.6 is 11.6 Å². The van der Waals surface area contributed by atoms with E-state index >= 15 is 0 Å². The van der Waals surface area contributed by atoms with Crippen molar-refractivity contribution in [1.82, 2.24) is 5.32 Å². The number of amides is 1. The summed E-state index contributed by atoms with van der Waals surface area (Å²) in [4.78, 5) is 11.2. The highest BCUT2D eigenvalue weighted by molar-refractivity contribution is 6.18. The second-order valence-electron chi connectivity index (χ2n) is 3.97. The van der Waals surface area contributed by atoms with Gasteiger partial charge in [-0.05, 0) is 31.4 Å². The van der Waals surface area contributed by atoms with Crippen LogP contribution in [0.25, 0.3) is 0 Å². The van der Waals surface area contributed by atoms with Crippen molar-refractivity contribution in [2.24, 2.45) is 0 Å². The number of alkyl halides is 1. The Labute approximate surface area is 102 Å². The lowest BCUT2D eigenvalue weighted by Crippen LogP contribution is -2.25. The average Bonchev–Trinajstić information content (AvgIpc) is 2.23. The van der Waals surface area contributed by atoms with E-state index in [-0.39, 0.29) is 5.91 Å². The molecule has 2 nitrogen and oxygen atoms in total. The summed E-state index contributed by atoms with van der Waals surface area (Å²) in [6.07, 6.45) is 1.27. The Morgan fingerprint density at radius 1 is 1.38 bits per heavy atom. The molecule has 1 amide bonds. The van der Waals surface area contributed by atoms with Gasteiger partial charge in [0.15, 0.2) is 0 Å². The molecule has 0 spiro atoms. The summed E-state index contributed by atoms with van der Waals surface area (Å²) in [6, 6.07) is 6.39. The summed E-state index contributed by atoms with van der Waals surface area (Å²) >= 11 is 5.48. The highest BCUT2D eigenvalue weighted by Crippen LogP contribution is 2.10. The number of carbonyl (C=O) groups is 1. The van der Waals surface area contributed by atoms with Gasteiger partial charge in [0.1, 0.15) is 0 Å². The maximum Gasteiger partial charge on any atom is 0.221 e. The van der Waals surface area contributed by atoms with Crippen molar-refractivity contribution in [3.05, 3.63) is 34.9 Å².